The van der Waals surface area contributed by atoms with Crippen LogP contribution in [0.2, 0.25) is 5.02 Å². The Morgan fingerprint density at radius 2 is 1.69 bits per heavy atom. The maximum absolute atomic E-state index is 12.8. The first-order valence-electron chi connectivity index (χ1n) is 8.63. The average molecular weight is 412 g/mol. The SMILES string of the molecule is Cc1c(NC(=O)C(=O)N/N=C/c2ccccc2Cl)c(=O)n(-c2ccccc2)n1C. The number of amides is 2. The van der Waals surface area contributed by atoms with E-state index in [2.05, 4.69) is 15.8 Å². The number of para-hydroxylation sites is 1. The number of rotatable bonds is 4. The molecule has 1 heterocycles. The molecule has 0 aliphatic carbocycles. The summed E-state index contributed by atoms with van der Waals surface area (Å²) in [7, 11) is 1.69. The van der Waals surface area contributed by atoms with Crippen LogP contribution in [0.3, 0.4) is 0 Å². The molecule has 0 atom stereocenters. The van der Waals surface area contributed by atoms with Gasteiger partial charge in [-0.3, -0.25) is 19.1 Å². The van der Waals surface area contributed by atoms with Crippen LogP contribution in [0, 0.1) is 6.92 Å². The van der Waals surface area contributed by atoms with Gasteiger partial charge in [0.05, 0.1) is 17.6 Å². The molecule has 0 radical (unpaired) electrons. The summed E-state index contributed by atoms with van der Waals surface area (Å²) >= 11 is 5.99. The molecule has 3 aromatic rings. The van der Waals surface area contributed by atoms with Crippen LogP contribution in [-0.2, 0) is 16.6 Å². The Morgan fingerprint density at radius 3 is 2.38 bits per heavy atom. The zero-order valence-electron chi connectivity index (χ0n) is 15.7. The molecule has 0 unspecified atom stereocenters. The van der Waals surface area contributed by atoms with Crippen molar-refractivity contribution < 1.29 is 9.59 Å². The van der Waals surface area contributed by atoms with E-state index < -0.39 is 17.4 Å². The van der Waals surface area contributed by atoms with Crippen molar-refractivity contribution in [2.45, 2.75) is 6.92 Å². The zero-order chi connectivity index (χ0) is 21.0. The van der Waals surface area contributed by atoms with Crippen LogP contribution in [0.15, 0.2) is 64.5 Å². The third-order valence-corrected chi connectivity index (χ3v) is 4.62. The highest BCUT2D eigenvalue weighted by molar-refractivity contribution is 6.39. The van der Waals surface area contributed by atoms with E-state index in [4.69, 9.17) is 11.6 Å². The van der Waals surface area contributed by atoms with E-state index in [1.165, 1.54) is 10.9 Å². The topological polar surface area (TPSA) is 97.5 Å². The number of hydrogen-bond donors (Lipinski definition) is 2. The molecule has 9 heteroatoms. The van der Waals surface area contributed by atoms with Crippen molar-refractivity contribution in [3.8, 4) is 5.69 Å². The predicted molar refractivity (Wildman–Crippen MR) is 112 cm³/mol. The lowest BCUT2D eigenvalue weighted by Crippen LogP contribution is -2.34. The van der Waals surface area contributed by atoms with Crippen LogP contribution in [-0.4, -0.2) is 27.4 Å². The highest BCUT2D eigenvalue weighted by atomic mass is 35.5. The van der Waals surface area contributed by atoms with Crippen LogP contribution in [0.25, 0.3) is 5.69 Å². The summed E-state index contributed by atoms with van der Waals surface area (Å²) in [5.74, 6) is -2.02. The Labute approximate surface area is 171 Å². The van der Waals surface area contributed by atoms with Gasteiger partial charge >= 0.3 is 11.8 Å². The summed E-state index contributed by atoms with van der Waals surface area (Å²) in [6, 6.07) is 15.9. The van der Waals surface area contributed by atoms with Crippen molar-refractivity contribution in [2.24, 2.45) is 12.1 Å². The number of aromatic nitrogens is 2. The van der Waals surface area contributed by atoms with Crippen molar-refractivity contribution >= 4 is 35.3 Å². The van der Waals surface area contributed by atoms with Crippen molar-refractivity contribution in [3.05, 3.63) is 81.2 Å². The van der Waals surface area contributed by atoms with E-state index in [-0.39, 0.29) is 5.69 Å². The first-order chi connectivity index (χ1) is 13.9. The number of carbonyl (C=O) groups is 2. The van der Waals surface area contributed by atoms with Gasteiger partial charge in [0.2, 0.25) is 0 Å². The molecule has 1 aromatic heterocycles. The molecule has 0 spiro atoms. The Balaban J connectivity index is 1.75. The number of benzene rings is 2. The Bertz CT molecular complexity index is 1150. The van der Waals surface area contributed by atoms with Gasteiger partial charge < -0.3 is 5.32 Å². The number of carbonyl (C=O) groups excluding carboxylic acids is 2. The molecule has 0 saturated heterocycles. The fourth-order valence-electron chi connectivity index (χ4n) is 2.67. The monoisotopic (exact) mass is 411 g/mol. The molecule has 148 valence electrons. The minimum absolute atomic E-state index is 0.0200. The lowest BCUT2D eigenvalue weighted by Gasteiger charge is -2.07. The Hall–Kier alpha value is -3.65. The van der Waals surface area contributed by atoms with Gasteiger partial charge in [-0.15, -0.1) is 0 Å². The van der Waals surface area contributed by atoms with Crippen LogP contribution < -0.4 is 16.3 Å². The maximum Gasteiger partial charge on any atom is 0.329 e. The molecule has 0 aliphatic heterocycles. The minimum atomic E-state index is -1.01. The maximum atomic E-state index is 12.8. The van der Waals surface area contributed by atoms with Crippen LogP contribution in [0.4, 0.5) is 5.69 Å². The molecule has 3 rings (SSSR count). The van der Waals surface area contributed by atoms with Gasteiger partial charge in [-0.05, 0) is 25.1 Å². The Kier molecular flexibility index (Phi) is 5.94. The molecule has 0 bridgehead atoms. The van der Waals surface area contributed by atoms with Gasteiger partial charge in [0.25, 0.3) is 5.56 Å². The molecule has 8 nitrogen and oxygen atoms in total. The second kappa shape index (κ2) is 8.57. The second-order valence-electron chi connectivity index (χ2n) is 6.11. The summed E-state index contributed by atoms with van der Waals surface area (Å²) in [6.07, 6.45) is 1.32. The standard InChI is InChI=1S/C20H18ClN5O3/c1-13-17(20(29)26(25(13)2)15-9-4-3-5-10-15)23-18(27)19(28)24-22-12-14-8-6-7-11-16(14)21/h3-12H,1-2H3,(H,23,27)(H,24,28)/b22-12+. The first kappa shape index (κ1) is 20.1. The van der Waals surface area contributed by atoms with Gasteiger partial charge in [-0.25, -0.2) is 10.1 Å². The predicted octanol–water partition coefficient (Wildman–Crippen LogP) is 2.23. The molecule has 2 amide bonds. The normalized spacial score (nSPS) is 10.9. The van der Waals surface area contributed by atoms with Crippen molar-refractivity contribution in [2.75, 3.05) is 5.32 Å². The average Bonchev–Trinajstić information content (AvgIpc) is 2.93. The Morgan fingerprint density at radius 1 is 1.03 bits per heavy atom. The van der Waals surface area contributed by atoms with E-state index in [0.29, 0.717) is 22.0 Å². The van der Waals surface area contributed by atoms with Crippen molar-refractivity contribution in [1.29, 1.82) is 0 Å². The van der Waals surface area contributed by atoms with Crippen LogP contribution >= 0.6 is 11.6 Å². The lowest BCUT2D eigenvalue weighted by atomic mass is 10.2. The second-order valence-corrected chi connectivity index (χ2v) is 6.52. The van der Waals surface area contributed by atoms with E-state index in [9.17, 15) is 14.4 Å². The third kappa shape index (κ3) is 4.27. The minimum Gasteiger partial charge on any atom is -0.311 e. The first-order valence-corrected chi connectivity index (χ1v) is 9.01. The number of halogens is 1. The fraction of sp³-hybridized carbons (Fsp3) is 0.100. The van der Waals surface area contributed by atoms with Gasteiger partial charge in [0.1, 0.15) is 5.69 Å². The molecule has 2 N–H and O–H groups in total. The molecule has 0 fully saturated rings. The molecule has 29 heavy (non-hydrogen) atoms. The van der Waals surface area contributed by atoms with Crippen LogP contribution in [0.5, 0.6) is 0 Å². The summed E-state index contributed by atoms with van der Waals surface area (Å²) in [4.78, 5) is 37.0. The van der Waals surface area contributed by atoms with Crippen LogP contribution in [0.1, 0.15) is 11.3 Å². The highest BCUT2D eigenvalue weighted by Crippen LogP contribution is 2.14. The lowest BCUT2D eigenvalue weighted by molar-refractivity contribution is -0.136. The van der Waals surface area contributed by atoms with E-state index >= 15 is 0 Å². The third-order valence-electron chi connectivity index (χ3n) is 4.27. The fourth-order valence-corrected chi connectivity index (χ4v) is 2.86. The summed E-state index contributed by atoms with van der Waals surface area (Å²) in [5, 5.41) is 6.54. The number of hydrogen-bond acceptors (Lipinski definition) is 4. The van der Waals surface area contributed by atoms with Gasteiger partial charge in [-0.2, -0.15) is 5.10 Å². The van der Waals surface area contributed by atoms with E-state index in [1.807, 2.05) is 6.07 Å². The van der Waals surface area contributed by atoms with E-state index in [0.717, 1.165) is 0 Å². The molecule has 2 aromatic carbocycles. The number of nitrogens with zero attached hydrogens (tertiary/aromatic N) is 3. The summed E-state index contributed by atoms with van der Waals surface area (Å²) in [5.41, 5.74) is 3.41. The summed E-state index contributed by atoms with van der Waals surface area (Å²) in [6.45, 7) is 1.67. The van der Waals surface area contributed by atoms with Gasteiger partial charge in [0, 0.05) is 17.6 Å². The molecule has 0 aliphatic rings. The molecular formula is C20H18ClN5O3. The highest BCUT2D eigenvalue weighted by Gasteiger charge is 2.21. The molecular weight excluding hydrogens is 394 g/mol. The largest absolute Gasteiger partial charge is 0.329 e. The smallest absolute Gasteiger partial charge is 0.311 e. The molecule has 0 saturated carbocycles. The van der Waals surface area contributed by atoms with Crippen molar-refractivity contribution in [3.63, 3.8) is 0 Å². The van der Waals surface area contributed by atoms with E-state index in [1.54, 1.807) is 67.2 Å². The van der Waals surface area contributed by atoms with Crippen molar-refractivity contribution in [1.82, 2.24) is 14.8 Å². The van der Waals surface area contributed by atoms with Gasteiger partial charge in [-0.1, -0.05) is 48.0 Å². The number of hydrazone groups is 1. The summed E-state index contributed by atoms with van der Waals surface area (Å²) < 4.78 is 3.00. The number of anilines is 1. The number of nitrogens with one attached hydrogen (secondary N) is 2. The zero-order valence-corrected chi connectivity index (χ0v) is 16.5. The van der Waals surface area contributed by atoms with Gasteiger partial charge in [0.15, 0.2) is 0 Å². The quantitative estimate of drug-likeness (QED) is 0.391.